The van der Waals surface area contributed by atoms with E-state index in [1.807, 2.05) is 0 Å². The topological polar surface area (TPSA) is 76.0 Å². The van der Waals surface area contributed by atoms with E-state index in [0.29, 0.717) is 11.5 Å². The Labute approximate surface area is 145 Å². The van der Waals surface area contributed by atoms with Crippen LogP contribution in [0.25, 0.3) is 6.08 Å². The molecule has 0 spiro atoms. The van der Waals surface area contributed by atoms with Crippen molar-refractivity contribution >= 4 is 11.9 Å². The molecule has 1 aliphatic heterocycles. The molecular weight excluding hydrogens is 320 g/mol. The van der Waals surface area contributed by atoms with E-state index in [1.54, 1.807) is 54.6 Å². The van der Waals surface area contributed by atoms with Crippen LogP contribution in [0.15, 0.2) is 60.4 Å². The molecule has 2 aromatic carbocycles. The number of hydrogen-bond acceptors (Lipinski definition) is 5. The van der Waals surface area contributed by atoms with Gasteiger partial charge in [0.05, 0.1) is 13.5 Å². The number of carbonyl (C=O) groups excluding carboxylic acids is 1. The van der Waals surface area contributed by atoms with E-state index in [9.17, 15) is 15.0 Å². The van der Waals surface area contributed by atoms with E-state index in [4.69, 9.17) is 9.47 Å². The number of allylic oxidation sites excluding steroid dienone is 2. The largest absolute Gasteiger partial charge is 0.508 e. The maximum atomic E-state index is 12.0. The first kappa shape index (κ1) is 16.6. The fraction of sp³-hybridized carbons (Fsp3) is 0.150. The van der Waals surface area contributed by atoms with Gasteiger partial charge in [0.2, 0.25) is 0 Å². The molecule has 1 heterocycles. The second-order valence-corrected chi connectivity index (χ2v) is 5.68. The molecule has 0 aliphatic carbocycles. The highest BCUT2D eigenvalue weighted by Crippen LogP contribution is 2.31. The molecule has 0 fully saturated rings. The second-order valence-electron chi connectivity index (χ2n) is 5.68. The van der Waals surface area contributed by atoms with Crippen LogP contribution in [0.2, 0.25) is 0 Å². The predicted octanol–water partition coefficient (Wildman–Crippen LogP) is 3.73. The van der Waals surface area contributed by atoms with Crippen molar-refractivity contribution in [2.75, 3.05) is 7.11 Å². The summed E-state index contributed by atoms with van der Waals surface area (Å²) in [4.78, 5) is 12.0. The monoisotopic (exact) mass is 338 g/mol. The summed E-state index contributed by atoms with van der Waals surface area (Å²) in [5.41, 5.74) is 1.63. The van der Waals surface area contributed by atoms with E-state index in [-0.39, 0.29) is 29.8 Å². The lowest BCUT2D eigenvalue weighted by atomic mass is 10.0. The lowest BCUT2D eigenvalue weighted by molar-refractivity contribution is -0.118. The van der Waals surface area contributed by atoms with Gasteiger partial charge in [0.25, 0.3) is 0 Å². The zero-order valence-corrected chi connectivity index (χ0v) is 13.7. The van der Waals surface area contributed by atoms with Crippen LogP contribution >= 0.6 is 0 Å². The van der Waals surface area contributed by atoms with Crippen molar-refractivity contribution in [2.45, 2.75) is 12.5 Å². The predicted molar refractivity (Wildman–Crippen MR) is 93.3 cm³/mol. The number of rotatable bonds is 4. The molecule has 0 amide bonds. The fourth-order valence-electron chi connectivity index (χ4n) is 2.58. The number of methoxy groups -OCH3 is 1. The normalized spacial score (nSPS) is 17.2. The number of ether oxygens (including phenoxy) is 2. The lowest BCUT2D eigenvalue weighted by Crippen LogP contribution is -2.14. The van der Waals surface area contributed by atoms with E-state index in [0.717, 1.165) is 11.1 Å². The third-order valence-electron chi connectivity index (χ3n) is 3.88. The van der Waals surface area contributed by atoms with Crippen molar-refractivity contribution < 1.29 is 24.5 Å². The van der Waals surface area contributed by atoms with Gasteiger partial charge < -0.3 is 19.7 Å². The molecular formula is C20H18O5. The highest BCUT2D eigenvalue weighted by Gasteiger charge is 2.22. The van der Waals surface area contributed by atoms with Gasteiger partial charge in [0.15, 0.2) is 17.3 Å². The third kappa shape index (κ3) is 4.01. The minimum absolute atomic E-state index is 0.0211. The van der Waals surface area contributed by atoms with Gasteiger partial charge in [0, 0.05) is 6.08 Å². The minimum Gasteiger partial charge on any atom is -0.508 e. The summed E-state index contributed by atoms with van der Waals surface area (Å²) in [6.07, 6.45) is 4.82. The molecule has 0 bridgehead atoms. The Hall–Kier alpha value is -3.21. The molecule has 0 saturated heterocycles. The lowest BCUT2D eigenvalue weighted by Gasteiger charge is -2.23. The second kappa shape index (κ2) is 7.13. The number of phenolic OH excluding ortho intramolecular Hbond substituents is 2. The van der Waals surface area contributed by atoms with E-state index in [2.05, 4.69) is 0 Å². The zero-order chi connectivity index (χ0) is 17.8. The summed E-state index contributed by atoms with van der Waals surface area (Å²) in [5.74, 6) is 1.05. The Morgan fingerprint density at radius 2 is 1.88 bits per heavy atom. The quantitative estimate of drug-likeness (QED) is 0.888. The summed E-state index contributed by atoms with van der Waals surface area (Å²) in [7, 11) is 1.48. The summed E-state index contributed by atoms with van der Waals surface area (Å²) < 4.78 is 11.0. The highest BCUT2D eigenvalue weighted by molar-refractivity contribution is 5.91. The van der Waals surface area contributed by atoms with Crippen LogP contribution in [0.1, 0.15) is 23.7 Å². The first-order valence-corrected chi connectivity index (χ1v) is 7.80. The van der Waals surface area contributed by atoms with Gasteiger partial charge >= 0.3 is 0 Å². The first-order valence-electron chi connectivity index (χ1n) is 7.80. The number of hydrogen-bond donors (Lipinski definition) is 2. The molecule has 128 valence electrons. The van der Waals surface area contributed by atoms with Crippen molar-refractivity contribution in [3.63, 3.8) is 0 Å². The number of carbonyl (C=O) groups is 1. The van der Waals surface area contributed by atoms with Crippen LogP contribution in [0.3, 0.4) is 0 Å². The molecule has 3 rings (SSSR count). The molecule has 0 unspecified atom stereocenters. The van der Waals surface area contributed by atoms with Gasteiger partial charge in [-0.25, -0.2) is 0 Å². The van der Waals surface area contributed by atoms with Crippen molar-refractivity contribution in [3.8, 4) is 17.2 Å². The molecule has 5 nitrogen and oxygen atoms in total. The van der Waals surface area contributed by atoms with Crippen LogP contribution in [-0.4, -0.2) is 23.1 Å². The smallest absolute Gasteiger partial charge is 0.163 e. The van der Waals surface area contributed by atoms with Crippen LogP contribution < -0.4 is 4.74 Å². The zero-order valence-electron chi connectivity index (χ0n) is 13.7. The molecule has 1 aliphatic rings. The molecule has 1 atom stereocenters. The molecule has 0 saturated carbocycles. The first-order chi connectivity index (χ1) is 12.0. The third-order valence-corrected chi connectivity index (χ3v) is 3.88. The van der Waals surface area contributed by atoms with E-state index in [1.165, 1.54) is 13.2 Å². The summed E-state index contributed by atoms with van der Waals surface area (Å²) in [6, 6.07) is 11.6. The van der Waals surface area contributed by atoms with Crippen molar-refractivity contribution in [3.05, 3.63) is 71.5 Å². The van der Waals surface area contributed by atoms with Crippen LogP contribution in [0, 0.1) is 0 Å². The fourth-order valence-corrected chi connectivity index (χ4v) is 2.58. The molecule has 25 heavy (non-hydrogen) atoms. The Bertz CT molecular complexity index is 834. The number of aromatic hydroxyl groups is 2. The Kier molecular flexibility index (Phi) is 4.75. The minimum atomic E-state index is -0.382. The van der Waals surface area contributed by atoms with Gasteiger partial charge in [-0.2, -0.15) is 0 Å². The van der Waals surface area contributed by atoms with Crippen LogP contribution in [0.4, 0.5) is 0 Å². The van der Waals surface area contributed by atoms with Gasteiger partial charge in [-0.15, -0.1) is 0 Å². The van der Waals surface area contributed by atoms with Crippen molar-refractivity contribution in [2.24, 2.45) is 0 Å². The maximum absolute atomic E-state index is 12.0. The van der Waals surface area contributed by atoms with E-state index < -0.39 is 0 Å². The SMILES string of the molecule is COc1cc(/C=C/C2=CC(=O)C[C@H](c3ccc(O)cc3)O2)ccc1O. The number of phenols is 2. The Morgan fingerprint density at radius 3 is 2.60 bits per heavy atom. The molecule has 2 N–H and O–H groups in total. The van der Waals surface area contributed by atoms with Gasteiger partial charge in [-0.3, -0.25) is 4.79 Å². The Balaban J connectivity index is 1.77. The van der Waals surface area contributed by atoms with Gasteiger partial charge in [0.1, 0.15) is 17.6 Å². The average molecular weight is 338 g/mol. The molecule has 0 radical (unpaired) electrons. The van der Waals surface area contributed by atoms with Gasteiger partial charge in [-0.05, 0) is 41.5 Å². The van der Waals surface area contributed by atoms with Crippen molar-refractivity contribution in [1.29, 1.82) is 0 Å². The highest BCUT2D eigenvalue weighted by atomic mass is 16.5. The summed E-state index contributed by atoms with van der Waals surface area (Å²) >= 11 is 0. The average Bonchev–Trinajstić information content (AvgIpc) is 2.61. The number of benzene rings is 2. The van der Waals surface area contributed by atoms with Crippen molar-refractivity contribution in [1.82, 2.24) is 0 Å². The van der Waals surface area contributed by atoms with Crippen LogP contribution in [-0.2, 0) is 9.53 Å². The summed E-state index contributed by atoms with van der Waals surface area (Å²) in [5, 5.41) is 19.0. The summed E-state index contributed by atoms with van der Waals surface area (Å²) in [6.45, 7) is 0. The van der Waals surface area contributed by atoms with E-state index >= 15 is 0 Å². The maximum Gasteiger partial charge on any atom is 0.163 e. The molecule has 0 aromatic heterocycles. The van der Waals surface area contributed by atoms with Gasteiger partial charge in [-0.1, -0.05) is 24.3 Å². The molecule has 2 aromatic rings. The standard InChI is InChI=1S/C20H18O5/c1-24-20-10-13(3-9-18(20)23)2-8-17-11-16(22)12-19(25-17)14-4-6-15(21)7-5-14/h2-11,19,21,23H,12H2,1H3/b8-2+/t19-/m1/s1. The number of ketones is 1. The molecule has 5 heteroatoms. The Morgan fingerprint density at radius 1 is 1.12 bits per heavy atom. The van der Waals surface area contributed by atoms with Crippen LogP contribution in [0.5, 0.6) is 17.2 Å².